The molecule has 16 nitrogen and oxygen atoms in total. The minimum atomic E-state index is -1.03. The van der Waals surface area contributed by atoms with Gasteiger partial charge in [-0.1, -0.05) is 6.07 Å². The number of nitrogens with zero attached hydrogens (tertiary/aromatic N) is 1. The Bertz CT molecular complexity index is 2090. The van der Waals surface area contributed by atoms with Crippen molar-refractivity contribution >= 4 is 75.1 Å². The SMILES string of the molecule is O=C(/C=C/C(=O)Nc1ccc(NC(=O)Nc2ccc3cc[nH]c3c2)cc1)NCCOCCNc1ccc2c(c1)C(=O)N(C1CCC(=O)NC1=O)C2=O. The van der Waals surface area contributed by atoms with E-state index in [1.54, 1.807) is 36.4 Å². The van der Waals surface area contributed by atoms with E-state index in [9.17, 15) is 33.6 Å². The smallest absolute Gasteiger partial charge is 0.323 e. The molecule has 2 aliphatic rings. The van der Waals surface area contributed by atoms with Gasteiger partial charge in [0.15, 0.2) is 0 Å². The lowest BCUT2D eigenvalue weighted by Crippen LogP contribution is -2.54. The number of urea groups is 1. The van der Waals surface area contributed by atoms with Crippen LogP contribution in [0.5, 0.6) is 0 Å². The highest BCUT2D eigenvalue weighted by Gasteiger charge is 2.44. The van der Waals surface area contributed by atoms with Crippen LogP contribution in [0, 0.1) is 0 Å². The topological polar surface area (TPSA) is 220 Å². The second-order valence-electron chi connectivity index (χ2n) is 11.8. The summed E-state index contributed by atoms with van der Waals surface area (Å²) in [6.45, 7) is 1.02. The molecule has 3 heterocycles. The Balaban J connectivity index is 0.846. The fourth-order valence-electron chi connectivity index (χ4n) is 5.65. The maximum atomic E-state index is 13.0. The first-order valence-electron chi connectivity index (χ1n) is 16.3. The minimum absolute atomic E-state index is 0.0439. The van der Waals surface area contributed by atoms with Crippen LogP contribution in [0.3, 0.4) is 0 Å². The van der Waals surface area contributed by atoms with Crippen molar-refractivity contribution in [2.45, 2.75) is 18.9 Å². The number of carbonyl (C=O) groups excluding carboxylic acids is 7. The third kappa shape index (κ3) is 8.48. The molecule has 16 heteroatoms. The zero-order valence-corrected chi connectivity index (χ0v) is 27.6. The number of aromatic amines is 1. The predicted octanol–water partition coefficient (Wildman–Crippen LogP) is 2.95. The van der Waals surface area contributed by atoms with Gasteiger partial charge in [-0.05, 0) is 72.5 Å². The summed E-state index contributed by atoms with van der Waals surface area (Å²) in [4.78, 5) is 90.3. The van der Waals surface area contributed by atoms with Crippen LogP contribution in [0.15, 0.2) is 85.1 Å². The summed E-state index contributed by atoms with van der Waals surface area (Å²) in [5, 5.41) is 17.0. The van der Waals surface area contributed by atoms with Gasteiger partial charge in [-0.3, -0.25) is 39.0 Å². The van der Waals surface area contributed by atoms with Crippen molar-refractivity contribution < 1.29 is 38.3 Å². The minimum Gasteiger partial charge on any atom is -0.383 e. The van der Waals surface area contributed by atoms with E-state index in [1.807, 2.05) is 24.4 Å². The fourth-order valence-corrected chi connectivity index (χ4v) is 5.65. The number of rotatable bonds is 13. The summed E-state index contributed by atoms with van der Waals surface area (Å²) in [5.74, 6) is -3.28. The number of fused-ring (bicyclic) bond motifs is 2. The zero-order valence-electron chi connectivity index (χ0n) is 27.6. The van der Waals surface area contributed by atoms with Gasteiger partial charge >= 0.3 is 6.03 Å². The molecule has 1 fully saturated rings. The van der Waals surface area contributed by atoms with E-state index in [0.29, 0.717) is 29.3 Å². The first-order chi connectivity index (χ1) is 25.1. The number of nitrogens with one attached hydrogen (secondary N) is 7. The van der Waals surface area contributed by atoms with E-state index >= 15 is 0 Å². The molecule has 1 unspecified atom stereocenters. The van der Waals surface area contributed by atoms with Crippen molar-refractivity contribution in [3.63, 3.8) is 0 Å². The van der Waals surface area contributed by atoms with E-state index in [2.05, 4.69) is 36.9 Å². The summed E-state index contributed by atoms with van der Waals surface area (Å²) < 4.78 is 5.52. The highest BCUT2D eigenvalue weighted by atomic mass is 16.5. The average molecular weight is 707 g/mol. The Hall–Kier alpha value is -6.81. The molecule has 0 radical (unpaired) electrons. The number of imide groups is 2. The Labute approximate surface area is 296 Å². The van der Waals surface area contributed by atoms with Crippen LogP contribution < -0.4 is 31.9 Å². The standard InChI is InChI=1S/C36H34N8O8/c45-30(11-12-31(46)40-22-3-5-23(6-4-22)41-36(51)42-25-2-1-21-13-14-38-28(21)20-25)39-16-18-52-17-15-37-24-7-8-26-27(19-24)35(50)44(34(26)49)29-9-10-32(47)43-33(29)48/h1-8,11-14,19-20,29,37-38H,9-10,15-18H2,(H,39,45)(H,40,46)(H2,41,42,51)(H,43,47,48)/b12-11+. The molecule has 266 valence electrons. The van der Waals surface area contributed by atoms with Gasteiger partial charge < -0.3 is 36.3 Å². The van der Waals surface area contributed by atoms with Gasteiger partial charge in [0.05, 0.1) is 24.3 Å². The largest absolute Gasteiger partial charge is 0.383 e. The first kappa shape index (κ1) is 35.0. The quantitative estimate of drug-likeness (QED) is 0.0617. The lowest BCUT2D eigenvalue weighted by atomic mass is 10.0. The number of H-pyrrole nitrogens is 1. The molecule has 8 amide bonds. The van der Waals surface area contributed by atoms with E-state index in [4.69, 9.17) is 4.74 Å². The second-order valence-corrected chi connectivity index (χ2v) is 11.8. The third-order valence-electron chi connectivity index (χ3n) is 8.17. The van der Waals surface area contributed by atoms with Crippen LogP contribution in [-0.4, -0.2) is 83.7 Å². The van der Waals surface area contributed by atoms with Crippen LogP contribution >= 0.6 is 0 Å². The van der Waals surface area contributed by atoms with E-state index < -0.39 is 47.5 Å². The third-order valence-corrected chi connectivity index (χ3v) is 8.17. The van der Waals surface area contributed by atoms with Crippen molar-refractivity contribution in [2.75, 3.05) is 47.6 Å². The first-order valence-corrected chi connectivity index (χ1v) is 16.3. The molecule has 3 aromatic carbocycles. The molecular weight excluding hydrogens is 672 g/mol. The van der Waals surface area contributed by atoms with E-state index in [1.165, 1.54) is 12.1 Å². The number of piperidine rings is 1. The van der Waals surface area contributed by atoms with Gasteiger partial charge in [-0.15, -0.1) is 0 Å². The molecule has 52 heavy (non-hydrogen) atoms. The summed E-state index contributed by atoms with van der Waals surface area (Å²) in [7, 11) is 0. The van der Waals surface area contributed by atoms with Crippen molar-refractivity contribution in [3.05, 3.63) is 96.2 Å². The Kier molecular flexibility index (Phi) is 10.7. The number of benzene rings is 3. The molecule has 0 bridgehead atoms. The Morgan fingerprint density at radius 2 is 1.42 bits per heavy atom. The number of anilines is 4. The van der Waals surface area contributed by atoms with Gasteiger partial charge in [0.25, 0.3) is 11.8 Å². The summed E-state index contributed by atoms with van der Waals surface area (Å²) in [6.07, 6.45) is 4.14. The fraction of sp³-hybridized carbons (Fsp3) is 0.194. The van der Waals surface area contributed by atoms with Crippen LogP contribution in [-0.2, 0) is 23.9 Å². The number of hydrogen-bond acceptors (Lipinski definition) is 9. The molecule has 6 rings (SSSR count). The molecule has 2 aliphatic heterocycles. The maximum Gasteiger partial charge on any atom is 0.323 e. The number of carbonyl (C=O) groups is 7. The lowest BCUT2D eigenvalue weighted by Gasteiger charge is -2.27. The molecular formula is C36H34N8O8. The molecule has 7 N–H and O–H groups in total. The van der Waals surface area contributed by atoms with Crippen molar-refractivity contribution in [3.8, 4) is 0 Å². The normalized spacial score (nSPS) is 15.4. The number of ether oxygens (including phenoxy) is 1. The molecule has 1 atom stereocenters. The van der Waals surface area contributed by atoms with Crippen LogP contribution in [0.2, 0.25) is 0 Å². The number of aromatic nitrogens is 1. The number of amides is 8. The van der Waals surface area contributed by atoms with Gasteiger partial charge in [0.2, 0.25) is 23.6 Å². The summed E-state index contributed by atoms with van der Waals surface area (Å²) in [6, 6.07) is 17.2. The van der Waals surface area contributed by atoms with Crippen LogP contribution in [0.25, 0.3) is 10.9 Å². The predicted molar refractivity (Wildman–Crippen MR) is 191 cm³/mol. The van der Waals surface area contributed by atoms with E-state index in [0.717, 1.165) is 28.0 Å². The summed E-state index contributed by atoms with van der Waals surface area (Å²) in [5.41, 5.74) is 3.44. The molecule has 1 saturated heterocycles. The van der Waals surface area contributed by atoms with Crippen molar-refractivity contribution in [2.24, 2.45) is 0 Å². The monoisotopic (exact) mass is 706 g/mol. The van der Waals surface area contributed by atoms with E-state index in [-0.39, 0.29) is 43.7 Å². The Morgan fingerprint density at radius 3 is 2.21 bits per heavy atom. The van der Waals surface area contributed by atoms with Crippen LogP contribution in [0.4, 0.5) is 27.5 Å². The zero-order chi connectivity index (χ0) is 36.6. The van der Waals surface area contributed by atoms with Gasteiger partial charge in [-0.25, -0.2) is 4.79 Å². The summed E-state index contributed by atoms with van der Waals surface area (Å²) >= 11 is 0. The second kappa shape index (κ2) is 15.8. The average Bonchev–Trinajstić information content (AvgIpc) is 3.69. The van der Waals surface area contributed by atoms with Gasteiger partial charge in [0.1, 0.15) is 6.04 Å². The van der Waals surface area contributed by atoms with Crippen molar-refractivity contribution in [1.29, 1.82) is 0 Å². The highest BCUT2D eigenvalue weighted by Crippen LogP contribution is 2.29. The Morgan fingerprint density at radius 1 is 0.750 bits per heavy atom. The lowest BCUT2D eigenvalue weighted by molar-refractivity contribution is -0.136. The molecule has 1 aromatic heterocycles. The molecule has 0 spiro atoms. The van der Waals surface area contributed by atoms with Gasteiger partial charge in [0, 0.05) is 66.1 Å². The molecule has 4 aromatic rings. The molecule has 0 aliphatic carbocycles. The number of hydrogen-bond donors (Lipinski definition) is 7. The van der Waals surface area contributed by atoms with Crippen molar-refractivity contribution in [1.82, 2.24) is 20.5 Å². The molecule has 0 saturated carbocycles. The highest BCUT2D eigenvalue weighted by molar-refractivity contribution is 6.23. The maximum absolute atomic E-state index is 13.0. The van der Waals surface area contributed by atoms with Gasteiger partial charge in [-0.2, -0.15) is 0 Å². The van der Waals surface area contributed by atoms with Crippen LogP contribution in [0.1, 0.15) is 33.6 Å².